The summed E-state index contributed by atoms with van der Waals surface area (Å²) in [4.78, 5) is 29.1. The Hall–Kier alpha value is -3.38. The summed E-state index contributed by atoms with van der Waals surface area (Å²) in [5.74, 6) is 0.168. The summed E-state index contributed by atoms with van der Waals surface area (Å²) in [7, 11) is 1.58. The van der Waals surface area contributed by atoms with E-state index in [0.29, 0.717) is 43.2 Å². The molecular formula is C22H27F2N7O3. The van der Waals surface area contributed by atoms with Gasteiger partial charge in [0.15, 0.2) is 5.82 Å². The third-order valence-electron chi connectivity index (χ3n) is 5.57. The average molecular weight is 476 g/mol. The first-order valence-electron chi connectivity index (χ1n) is 11.0. The standard InChI is InChI=1S/C22H27F2N7O3/c1-14(21(33)29(2)7-10-32)25-22-27-17(30-8-11-34-12-9-30)13-18(28-22)31-16-6-4-3-5-15(16)26-20(31)19(23)24/h3-6,13-14,19,32H,7-12H2,1-2H3,(H,25,27,28)/t14-/m0/s1. The van der Waals surface area contributed by atoms with Gasteiger partial charge in [-0.3, -0.25) is 9.36 Å². The van der Waals surface area contributed by atoms with Crippen LogP contribution in [0.2, 0.25) is 0 Å². The lowest BCUT2D eigenvalue weighted by Gasteiger charge is -2.29. The van der Waals surface area contributed by atoms with Crippen molar-refractivity contribution in [3.63, 3.8) is 0 Å². The van der Waals surface area contributed by atoms with E-state index < -0.39 is 18.3 Å². The lowest BCUT2D eigenvalue weighted by Crippen LogP contribution is -2.41. The van der Waals surface area contributed by atoms with E-state index in [1.54, 1.807) is 44.3 Å². The number of halogens is 2. The normalized spacial score (nSPS) is 15.1. The van der Waals surface area contributed by atoms with Crippen LogP contribution in [0.25, 0.3) is 16.9 Å². The molecule has 2 aromatic heterocycles. The highest BCUT2D eigenvalue weighted by Crippen LogP contribution is 2.29. The number of nitrogens with one attached hydrogen (secondary N) is 1. The molecule has 1 amide bonds. The molecule has 1 atom stereocenters. The third kappa shape index (κ3) is 4.92. The number of amides is 1. The van der Waals surface area contributed by atoms with Crippen molar-refractivity contribution in [2.24, 2.45) is 0 Å². The molecule has 3 aromatic rings. The highest BCUT2D eigenvalue weighted by atomic mass is 19.3. The fraction of sp³-hybridized carbons (Fsp3) is 0.455. The zero-order chi connectivity index (χ0) is 24.2. The van der Waals surface area contributed by atoms with Gasteiger partial charge in [0.1, 0.15) is 17.7 Å². The number of benzene rings is 1. The average Bonchev–Trinajstić information content (AvgIpc) is 3.24. The van der Waals surface area contributed by atoms with Crippen molar-refractivity contribution in [3.8, 4) is 5.82 Å². The van der Waals surface area contributed by atoms with E-state index >= 15 is 0 Å². The molecule has 0 saturated carbocycles. The second-order valence-electron chi connectivity index (χ2n) is 7.95. The van der Waals surface area contributed by atoms with Gasteiger partial charge in [-0.1, -0.05) is 12.1 Å². The number of aliphatic hydroxyl groups excluding tert-OH is 1. The van der Waals surface area contributed by atoms with Crippen LogP contribution in [-0.2, 0) is 9.53 Å². The van der Waals surface area contributed by atoms with Gasteiger partial charge in [-0.15, -0.1) is 0 Å². The number of alkyl halides is 2. The van der Waals surface area contributed by atoms with Gasteiger partial charge < -0.3 is 25.0 Å². The molecule has 1 aromatic carbocycles. The molecule has 4 rings (SSSR count). The van der Waals surface area contributed by atoms with E-state index in [4.69, 9.17) is 9.84 Å². The number of nitrogens with zero attached hydrogens (tertiary/aromatic N) is 6. The zero-order valence-electron chi connectivity index (χ0n) is 19.0. The third-order valence-corrected chi connectivity index (χ3v) is 5.57. The number of hydrogen-bond acceptors (Lipinski definition) is 8. The van der Waals surface area contributed by atoms with Crippen LogP contribution in [0.1, 0.15) is 19.2 Å². The van der Waals surface area contributed by atoms with Crippen LogP contribution in [0.15, 0.2) is 30.3 Å². The molecule has 1 aliphatic heterocycles. The summed E-state index contributed by atoms with van der Waals surface area (Å²) in [6, 6.07) is 7.78. The smallest absolute Gasteiger partial charge is 0.296 e. The summed E-state index contributed by atoms with van der Waals surface area (Å²) in [6.45, 7) is 3.86. The van der Waals surface area contributed by atoms with E-state index in [2.05, 4.69) is 20.3 Å². The lowest BCUT2D eigenvalue weighted by molar-refractivity contribution is -0.130. The number of ether oxygens (including phenoxy) is 1. The molecule has 0 unspecified atom stereocenters. The maximum absolute atomic E-state index is 13.9. The van der Waals surface area contributed by atoms with E-state index in [9.17, 15) is 13.6 Å². The first kappa shape index (κ1) is 23.8. The van der Waals surface area contributed by atoms with Gasteiger partial charge in [0.25, 0.3) is 6.43 Å². The molecule has 0 spiro atoms. The Labute approximate surface area is 195 Å². The maximum Gasteiger partial charge on any atom is 0.296 e. The number of aliphatic hydroxyl groups is 1. The van der Waals surface area contributed by atoms with E-state index in [0.717, 1.165) is 0 Å². The number of morpholine rings is 1. The van der Waals surface area contributed by atoms with E-state index in [1.807, 2.05) is 4.90 Å². The molecule has 182 valence electrons. The number of fused-ring (bicyclic) bond motifs is 1. The van der Waals surface area contributed by atoms with Crippen LogP contribution < -0.4 is 10.2 Å². The van der Waals surface area contributed by atoms with Crippen LogP contribution in [-0.4, -0.2) is 88.0 Å². The Balaban J connectivity index is 1.78. The van der Waals surface area contributed by atoms with Crippen molar-refractivity contribution in [2.45, 2.75) is 19.4 Å². The summed E-state index contributed by atoms with van der Waals surface area (Å²) in [5.41, 5.74) is 0.912. The summed E-state index contributed by atoms with van der Waals surface area (Å²) < 4.78 is 34.6. The summed E-state index contributed by atoms with van der Waals surface area (Å²) >= 11 is 0. The van der Waals surface area contributed by atoms with Crippen molar-refractivity contribution < 1.29 is 23.4 Å². The Kier molecular flexibility index (Phi) is 7.17. The number of likely N-dealkylation sites (N-methyl/N-ethyl adjacent to an activating group) is 1. The largest absolute Gasteiger partial charge is 0.395 e. The number of para-hydroxylation sites is 2. The zero-order valence-corrected chi connectivity index (χ0v) is 19.0. The molecule has 2 N–H and O–H groups in total. The number of carbonyl (C=O) groups excluding carboxylic acids is 1. The van der Waals surface area contributed by atoms with Crippen LogP contribution in [0.5, 0.6) is 0 Å². The number of carbonyl (C=O) groups is 1. The quantitative estimate of drug-likeness (QED) is 0.508. The molecule has 0 bridgehead atoms. The lowest BCUT2D eigenvalue weighted by atomic mass is 10.3. The van der Waals surface area contributed by atoms with Gasteiger partial charge in [0.05, 0.1) is 30.9 Å². The first-order chi connectivity index (χ1) is 16.4. The molecular weight excluding hydrogens is 448 g/mol. The second-order valence-corrected chi connectivity index (χ2v) is 7.95. The predicted molar refractivity (Wildman–Crippen MR) is 122 cm³/mol. The monoisotopic (exact) mass is 475 g/mol. The molecule has 0 aliphatic carbocycles. The van der Waals surface area contributed by atoms with Crippen molar-refractivity contribution in [3.05, 3.63) is 36.2 Å². The van der Waals surface area contributed by atoms with Crippen LogP contribution in [0, 0.1) is 0 Å². The molecule has 1 aliphatic rings. The summed E-state index contributed by atoms with van der Waals surface area (Å²) in [6.07, 6.45) is -2.82. The minimum atomic E-state index is -2.82. The molecule has 3 heterocycles. The molecule has 1 fully saturated rings. The fourth-order valence-corrected chi connectivity index (χ4v) is 3.83. The van der Waals surface area contributed by atoms with Crippen molar-refractivity contribution >= 4 is 28.7 Å². The summed E-state index contributed by atoms with van der Waals surface area (Å²) in [5, 5.41) is 12.1. The van der Waals surface area contributed by atoms with Gasteiger partial charge in [-0.25, -0.2) is 13.8 Å². The molecule has 0 radical (unpaired) electrons. The fourth-order valence-electron chi connectivity index (χ4n) is 3.83. The van der Waals surface area contributed by atoms with Gasteiger partial charge in [-0.2, -0.15) is 9.97 Å². The number of hydrogen-bond donors (Lipinski definition) is 2. The van der Waals surface area contributed by atoms with Crippen molar-refractivity contribution in [1.29, 1.82) is 0 Å². The number of anilines is 2. The number of imidazole rings is 1. The molecule has 10 nitrogen and oxygen atoms in total. The minimum Gasteiger partial charge on any atom is -0.395 e. The maximum atomic E-state index is 13.9. The van der Waals surface area contributed by atoms with Crippen molar-refractivity contribution in [2.75, 3.05) is 56.7 Å². The molecule has 34 heavy (non-hydrogen) atoms. The van der Waals surface area contributed by atoms with Crippen molar-refractivity contribution in [1.82, 2.24) is 24.4 Å². The molecule has 1 saturated heterocycles. The minimum absolute atomic E-state index is 0.121. The van der Waals surface area contributed by atoms with Gasteiger partial charge in [-0.05, 0) is 19.1 Å². The van der Waals surface area contributed by atoms with Crippen LogP contribution in [0.3, 0.4) is 0 Å². The topological polar surface area (TPSA) is 109 Å². The Bertz CT molecular complexity index is 1150. The van der Waals surface area contributed by atoms with Gasteiger partial charge in [0, 0.05) is 32.7 Å². The Morgan fingerprint density at radius 2 is 1.91 bits per heavy atom. The second kappa shape index (κ2) is 10.3. The number of aromatic nitrogens is 4. The Morgan fingerprint density at radius 3 is 2.62 bits per heavy atom. The van der Waals surface area contributed by atoms with E-state index in [1.165, 1.54) is 9.47 Å². The van der Waals surface area contributed by atoms with Crippen LogP contribution >= 0.6 is 0 Å². The number of rotatable bonds is 8. The SMILES string of the molecule is C[C@H](Nc1nc(N2CCOCC2)cc(-n2c(C(F)F)nc3ccccc32)n1)C(=O)N(C)CCO. The molecule has 12 heteroatoms. The van der Waals surface area contributed by atoms with Gasteiger partial charge in [0.2, 0.25) is 11.9 Å². The van der Waals surface area contributed by atoms with Gasteiger partial charge >= 0.3 is 0 Å². The Morgan fingerprint density at radius 1 is 1.21 bits per heavy atom. The van der Waals surface area contributed by atoms with Crippen LogP contribution in [0.4, 0.5) is 20.5 Å². The van der Waals surface area contributed by atoms with E-state index in [-0.39, 0.29) is 30.8 Å². The highest BCUT2D eigenvalue weighted by molar-refractivity contribution is 5.83. The predicted octanol–water partition coefficient (Wildman–Crippen LogP) is 1.84. The first-order valence-corrected chi connectivity index (χ1v) is 11.0. The highest BCUT2D eigenvalue weighted by Gasteiger charge is 2.24.